The largest absolute Gasteiger partial charge is 0.489 e. The lowest BCUT2D eigenvalue weighted by atomic mass is 10.1. The molecular formula is C27H29N3O4. The lowest BCUT2D eigenvalue weighted by molar-refractivity contribution is -0.117. The molecule has 7 heteroatoms. The topological polar surface area (TPSA) is 75.0 Å². The third-order valence-corrected chi connectivity index (χ3v) is 5.93. The van der Waals surface area contributed by atoms with E-state index < -0.39 is 5.63 Å². The van der Waals surface area contributed by atoms with Crippen molar-refractivity contribution in [3.63, 3.8) is 0 Å². The second-order valence-electron chi connectivity index (χ2n) is 8.41. The van der Waals surface area contributed by atoms with Crippen molar-refractivity contribution in [3.8, 4) is 5.75 Å². The van der Waals surface area contributed by atoms with Crippen molar-refractivity contribution in [1.29, 1.82) is 0 Å². The van der Waals surface area contributed by atoms with Crippen molar-refractivity contribution in [2.75, 3.05) is 51.7 Å². The predicted molar refractivity (Wildman–Crippen MR) is 137 cm³/mol. The number of nitrogens with zero attached hydrogens (tertiary/aromatic N) is 2. The average molecular weight is 460 g/mol. The molecule has 2 heterocycles. The third kappa shape index (κ3) is 5.44. The summed E-state index contributed by atoms with van der Waals surface area (Å²) in [6.07, 6.45) is 5.20. The Morgan fingerprint density at radius 2 is 1.85 bits per heavy atom. The summed E-state index contributed by atoms with van der Waals surface area (Å²) in [6.45, 7) is 11.7. The molecule has 1 aliphatic heterocycles. The number of anilines is 1. The molecule has 1 amide bonds. The van der Waals surface area contributed by atoms with E-state index in [2.05, 4.69) is 35.3 Å². The molecule has 0 unspecified atom stereocenters. The molecule has 1 aromatic heterocycles. The first-order chi connectivity index (χ1) is 16.5. The number of fused-ring (bicyclic) bond motifs is 3. The maximum atomic E-state index is 12.7. The summed E-state index contributed by atoms with van der Waals surface area (Å²) in [4.78, 5) is 29.6. The normalized spacial score (nSPS) is 15.4. The first-order valence-corrected chi connectivity index (χ1v) is 11.2. The minimum atomic E-state index is -0.465. The fourth-order valence-corrected chi connectivity index (χ4v) is 3.98. The molecule has 0 saturated carbocycles. The van der Waals surface area contributed by atoms with E-state index in [9.17, 15) is 9.59 Å². The van der Waals surface area contributed by atoms with Crippen LogP contribution in [0.4, 0.5) is 5.69 Å². The highest BCUT2D eigenvalue weighted by molar-refractivity contribution is 6.06. The van der Waals surface area contributed by atoms with Gasteiger partial charge in [-0.15, -0.1) is 0 Å². The summed E-state index contributed by atoms with van der Waals surface area (Å²) in [6, 6.07) is 10.7. The standard InChI is InChI=1S/C27H29N3O4/c1-4-6-19(5-2)18-33-21-8-10-23-22-9-7-20(15-24(22)27(32)34-25(23)16-21)28-26(31)17-30-13-11-29(3)12-14-30/h4-10,15-16H,1-2,11-14,17-18H2,3H3,(H,28,31)/b19-6+. The van der Waals surface area contributed by atoms with Gasteiger partial charge in [-0.3, -0.25) is 9.69 Å². The average Bonchev–Trinajstić information content (AvgIpc) is 2.83. The molecule has 7 nitrogen and oxygen atoms in total. The van der Waals surface area contributed by atoms with Gasteiger partial charge in [0.15, 0.2) is 0 Å². The van der Waals surface area contributed by atoms with E-state index in [1.54, 1.807) is 24.3 Å². The number of piperazine rings is 1. The van der Waals surface area contributed by atoms with Gasteiger partial charge in [-0.1, -0.05) is 37.5 Å². The molecular weight excluding hydrogens is 430 g/mol. The van der Waals surface area contributed by atoms with Crippen LogP contribution in [0.3, 0.4) is 0 Å². The summed E-state index contributed by atoms with van der Waals surface area (Å²) < 4.78 is 11.4. The smallest absolute Gasteiger partial charge is 0.344 e. The van der Waals surface area contributed by atoms with E-state index in [0.29, 0.717) is 35.6 Å². The highest BCUT2D eigenvalue weighted by Crippen LogP contribution is 2.28. The van der Waals surface area contributed by atoms with Gasteiger partial charge in [0.25, 0.3) is 0 Å². The van der Waals surface area contributed by atoms with Crippen LogP contribution in [0.5, 0.6) is 5.75 Å². The number of carbonyl (C=O) groups is 1. The number of benzene rings is 2. The monoisotopic (exact) mass is 459 g/mol. The fraction of sp³-hybridized carbons (Fsp3) is 0.259. The van der Waals surface area contributed by atoms with Gasteiger partial charge >= 0.3 is 5.63 Å². The van der Waals surface area contributed by atoms with Crippen LogP contribution in [0.1, 0.15) is 0 Å². The van der Waals surface area contributed by atoms with Crippen molar-refractivity contribution in [2.45, 2.75) is 0 Å². The summed E-state index contributed by atoms with van der Waals surface area (Å²) >= 11 is 0. The molecule has 176 valence electrons. The van der Waals surface area contributed by atoms with Gasteiger partial charge in [0.1, 0.15) is 17.9 Å². The maximum Gasteiger partial charge on any atom is 0.344 e. The number of carbonyl (C=O) groups excluding carboxylic acids is 1. The van der Waals surface area contributed by atoms with Crippen LogP contribution in [0.2, 0.25) is 0 Å². The zero-order chi connectivity index (χ0) is 24.1. The van der Waals surface area contributed by atoms with Gasteiger partial charge in [0.05, 0.1) is 11.9 Å². The molecule has 0 radical (unpaired) electrons. The molecule has 1 N–H and O–H groups in total. The Kier molecular flexibility index (Phi) is 7.25. The van der Waals surface area contributed by atoms with Crippen molar-refractivity contribution in [3.05, 3.63) is 83.8 Å². The first-order valence-electron chi connectivity index (χ1n) is 11.2. The van der Waals surface area contributed by atoms with Gasteiger partial charge in [-0.2, -0.15) is 0 Å². The Bertz CT molecular complexity index is 1320. The summed E-state index contributed by atoms with van der Waals surface area (Å²) in [5.74, 6) is 0.486. The number of likely N-dealkylation sites (N-methyl/N-ethyl adjacent to an activating group) is 1. The van der Waals surface area contributed by atoms with E-state index >= 15 is 0 Å². The second-order valence-corrected chi connectivity index (χ2v) is 8.41. The Morgan fingerprint density at radius 3 is 2.59 bits per heavy atom. The minimum absolute atomic E-state index is 0.0970. The zero-order valence-electron chi connectivity index (χ0n) is 19.4. The van der Waals surface area contributed by atoms with Crippen LogP contribution in [0.15, 0.2) is 82.6 Å². The number of ether oxygens (including phenoxy) is 1. The Hall–Kier alpha value is -3.68. The fourth-order valence-electron chi connectivity index (χ4n) is 3.98. The summed E-state index contributed by atoms with van der Waals surface area (Å²) in [5.41, 5.74) is 1.43. The van der Waals surface area contributed by atoms with Crippen molar-refractivity contribution < 1.29 is 13.9 Å². The number of nitrogens with one attached hydrogen (secondary N) is 1. The molecule has 1 saturated heterocycles. The van der Waals surface area contributed by atoms with Gasteiger partial charge < -0.3 is 19.4 Å². The second kappa shape index (κ2) is 10.5. The molecule has 0 aliphatic carbocycles. The number of amides is 1. The van der Waals surface area contributed by atoms with Crippen molar-refractivity contribution in [2.24, 2.45) is 0 Å². The van der Waals surface area contributed by atoms with Crippen molar-refractivity contribution >= 4 is 33.3 Å². The quantitative estimate of drug-likeness (QED) is 0.314. The van der Waals surface area contributed by atoms with Crippen LogP contribution in [0, 0.1) is 0 Å². The van der Waals surface area contributed by atoms with Gasteiger partial charge in [0.2, 0.25) is 5.91 Å². The molecule has 4 rings (SSSR count). The number of hydrogen-bond acceptors (Lipinski definition) is 6. The summed E-state index contributed by atoms with van der Waals surface area (Å²) in [7, 11) is 2.08. The van der Waals surface area contributed by atoms with E-state index in [-0.39, 0.29) is 5.91 Å². The zero-order valence-corrected chi connectivity index (χ0v) is 19.4. The van der Waals surface area contributed by atoms with Crippen LogP contribution in [-0.2, 0) is 4.79 Å². The van der Waals surface area contributed by atoms with E-state index in [1.165, 1.54) is 0 Å². The molecule has 0 bridgehead atoms. The van der Waals surface area contributed by atoms with Gasteiger partial charge in [0, 0.05) is 48.7 Å². The van der Waals surface area contributed by atoms with Crippen LogP contribution in [-0.4, -0.2) is 62.1 Å². The Balaban J connectivity index is 1.52. The van der Waals surface area contributed by atoms with Crippen LogP contribution < -0.4 is 15.7 Å². The summed E-state index contributed by atoms with van der Waals surface area (Å²) in [5, 5.41) is 4.87. The molecule has 0 atom stereocenters. The van der Waals surface area contributed by atoms with E-state index in [1.807, 2.05) is 30.3 Å². The molecule has 1 fully saturated rings. The van der Waals surface area contributed by atoms with E-state index in [4.69, 9.17) is 9.15 Å². The molecule has 0 spiro atoms. The van der Waals surface area contributed by atoms with Gasteiger partial charge in [-0.05, 0) is 36.9 Å². The van der Waals surface area contributed by atoms with Gasteiger partial charge in [-0.25, -0.2) is 4.79 Å². The molecule has 2 aromatic carbocycles. The third-order valence-electron chi connectivity index (χ3n) is 5.93. The highest BCUT2D eigenvalue weighted by atomic mass is 16.5. The maximum absolute atomic E-state index is 12.7. The lowest BCUT2D eigenvalue weighted by Gasteiger charge is -2.31. The Labute approximate surface area is 198 Å². The number of rotatable bonds is 8. The first kappa shape index (κ1) is 23.5. The predicted octanol–water partition coefficient (Wildman–Crippen LogP) is 3.81. The van der Waals surface area contributed by atoms with Crippen LogP contribution >= 0.6 is 0 Å². The van der Waals surface area contributed by atoms with Crippen LogP contribution in [0.25, 0.3) is 21.7 Å². The molecule has 3 aromatic rings. The van der Waals surface area contributed by atoms with Crippen molar-refractivity contribution in [1.82, 2.24) is 9.80 Å². The van der Waals surface area contributed by atoms with E-state index in [0.717, 1.165) is 42.5 Å². The SMILES string of the molecule is C=C/C=C(\C=C)COc1ccc2c(c1)oc(=O)c1cc(NC(=O)CN3CCN(C)CC3)ccc12. The molecule has 34 heavy (non-hydrogen) atoms. The highest BCUT2D eigenvalue weighted by Gasteiger charge is 2.17. The number of allylic oxidation sites excluding steroid dienone is 2. The minimum Gasteiger partial charge on any atom is -0.489 e. The lowest BCUT2D eigenvalue weighted by Crippen LogP contribution is -2.47. The molecule has 1 aliphatic rings. The Morgan fingerprint density at radius 1 is 1.09 bits per heavy atom. The number of hydrogen-bond donors (Lipinski definition) is 1.